The molecule has 0 saturated carbocycles. The van der Waals surface area contributed by atoms with Gasteiger partial charge in [-0.1, -0.05) is 32.1 Å². The van der Waals surface area contributed by atoms with Gasteiger partial charge >= 0.3 is 5.97 Å². The van der Waals surface area contributed by atoms with Gasteiger partial charge in [-0.2, -0.15) is 25.3 Å². The molecule has 0 aromatic rings. The molecule has 0 aromatic carbocycles. The maximum atomic E-state index is 10.3. The van der Waals surface area contributed by atoms with Crippen molar-refractivity contribution in [3.05, 3.63) is 0 Å². The van der Waals surface area contributed by atoms with Gasteiger partial charge in [-0.3, -0.25) is 4.79 Å². The highest BCUT2D eigenvalue weighted by Crippen LogP contribution is 2.14. The average Bonchev–Trinajstić information content (AvgIpc) is 2.22. The van der Waals surface area contributed by atoms with Crippen molar-refractivity contribution in [3.8, 4) is 0 Å². The minimum absolute atomic E-state index is 0.320. The monoisotopic (exact) mass is 264 g/mol. The number of carbonyl (C=O) groups is 1. The molecule has 0 aliphatic heterocycles. The van der Waals surface area contributed by atoms with Crippen molar-refractivity contribution in [1.29, 1.82) is 0 Å². The molecule has 0 spiro atoms. The Hall–Kier alpha value is 0.170. The molecule has 16 heavy (non-hydrogen) atoms. The lowest BCUT2D eigenvalue weighted by molar-refractivity contribution is -0.137. The molecule has 0 radical (unpaired) electrons. The maximum absolute atomic E-state index is 10.3. The van der Waals surface area contributed by atoms with E-state index >= 15 is 0 Å². The van der Waals surface area contributed by atoms with Gasteiger partial charge in [0.05, 0.1) is 0 Å². The Morgan fingerprint density at radius 2 is 1.56 bits per heavy atom. The molecule has 0 amide bonds. The Kier molecular flexibility index (Phi) is 11.8. The van der Waals surface area contributed by atoms with Gasteiger partial charge in [0.1, 0.15) is 0 Å². The van der Waals surface area contributed by atoms with Gasteiger partial charge in [0, 0.05) is 11.7 Å². The smallest absolute Gasteiger partial charge is 0.303 e. The second-order valence-electron chi connectivity index (χ2n) is 4.22. The van der Waals surface area contributed by atoms with Crippen LogP contribution in [0.4, 0.5) is 0 Å². The molecule has 0 fully saturated rings. The fourth-order valence-electron chi connectivity index (χ4n) is 1.66. The van der Waals surface area contributed by atoms with Crippen molar-refractivity contribution in [2.24, 2.45) is 0 Å². The second kappa shape index (κ2) is 11.6. The summed E-state index contributed by atoms with van der Waals surface area (Å²) in [6, 6.07) is 0. The Labute approximate surface area is 110 Å². The standard InChI is InChI=1S/C12H24O2S2/c13-12(14)8-6-4-2-1-3-5-7-11(16)9-10-15/h11,15-16H,1-10H2,(H,13,14). The molecule has 0 aliphatic rings. The van der Waals surface area contributed by atoms with Crippen molar-refractivity contribution >= 4 is 31.2 Å². The van der Waals surface area contributed by atoms with Crippen LogP contribution >= 0.6 is 25.3 Å². The summed E-state index contributed by atoms with van der Waals surface area (Å²) < 4.78 is 0. The first-order valence-corrected chi connectivity index (χ1v) is 7.32. The second-order valence-corrected chi connectivity index (χ2v) is 5.40. The number of thiol groups is 2. The van der Waals surface area contributed by atoms with Gasteiger partial charge in [-0.25, -0.2) is 0 Å². The molecular weight excluding hydrogens is 240 g/mol. The van der Waals surface area contributed by atoms with Crippen LogP contribution in [0.5, 0.6) is 0 Å². The van der Waals surface area contributed by atoms with Crippen LogP contribution < -0.4 is 0 Å². The Morgan fingerprint density at radius 1 is 1.00 bits per heavy atom. The van der Waals surface area contributed by atoms with Crippen molar-refractivity contribution < 1.29 is 9.90 Å². The number of unbranched alkanes of at least 4 members (excludes halogenated alkanes) is 5. The van der Waals surface area contributed by atoms with Crippen molar-refractivity contribution in [1.82, 2.24) is 0 Å². The van der Waals surface area contributed by atoms with Gasteiger partial charge in [-0.05, 0) is 25.0 Å². The molecule has 1 unspecified atom stereocenters. The first-order chi connectivity index (χ1) is 7.66. The van der Waals surface area contributed by atoms with Crippen LogP contribution in [-0.4, -0.2) is 22.1 Å². The molecule has 0 saturated heterocycles. The molecule has 96 valence electrons. The van der Waals surface area contributed by atoms with Crippen LogP contribution in [-0.2, 0) is 4.79 Å². The Balaban J connectivity index is 3.06. The first-order valence-electron chi connectivity index (χ1n) is 6.17. The van der Waals surface area contributed by atoms with E-state index in [1.165, 1.54) is 25.7 Å². The van der Waals surface area contributed by atoms with Gasteiger partial charge in [0.2, 0.25) is 0 Å². The number of carboxylic acids is 1. The molecule has 0 aromatic heterocycles. The van der Waals surface area contributed by atoms with Crippen LogP contribution in [0.2, 0.25) is 0 Å². The third-order valence-corrected chi connectivity index (χ3v) is 3.41. The molecule has 0 rings (SSSR count). The average molecular weight is 264 g/mol. The van der Waals surface area contributed by atoms with Crippen molar-refractivity contribution in [2.45, 2.75) is 63.0 Å². The fraction of sp³-hybridized carbons (Fsp3) is 0.917. The van der Waals surface area contributed by atoms with E-state index in [2.05, 4.69) is 25.3 Å². The maximum Gasteiger partial charge on any atom is 0.303 e. The van der Waals surface area contributed by atoms with E-state index in [4.69, 9.17) is 5.11 Å². The normalized spacial score (nSPS) is 12.6. The van der Waals surface area contributed by atoms with Crippen molar-refractivity contribution in [3.63, 3.8) is 0 Å². The van der Waals surface area contributed by atoms with Crippen LogP contribution in [0.3, 0.4) is 0 Å². The Morgan fingerprint density at radius 3 is 2.12 bits per heavy atom. The molecule has 0 heterocycles. The lowest BCUT2D eigenvalue weighted by Crippen LogP contribution is -1.99. The highest BCUT2D eigenvalue weighted by molar-refractivity contribution is 7.81. The van der Waals surface area contributed by atoms with E-state index in [1.807, 2.05) is 0 Å². The highest BCUT2D eigenvalue weighted by Gasteiger charge is 2.01. The van der Waals surface area contributed by atoms with E-state index in [0.717, 1.165) is 31.4 Å². The number of hydrogen-bond acceptors (Lipinski definition) is 3. The minimum atomic E-state index is -0.676. The van der Waals surface area contributed by atoms with Crippen LogP contribution in [0.25, 0.3) is 0 Å². The molecule has 1 N–H and O–H groups in total. The summed E-state index contributed by atoms with van der Waals surface area (Å²) >= 11 is 8.66. The predicted octanol–water partition coefficient (Wildman–Crippen LogP) is 3.81. The molecule has 0 bridgehead atoms. The zero-order valence-corrected chi connectivity index (χ0v) is 11.7. The zero-order valence-electron chi connectivity index (χ0n) is 9.90. The largest absolute Gasteiger partial charge is 0.481 e. The molecular formula is C12H24O2S2. The summed E-state index contributed by atoms with van der Waals surface area (Å²) in [6.45, 7) is 0. The SMILES string of the molecule is O=C(O)CCCCCCCCC(S)CCS. The van der Waals surface area contributed by atoms with Gasteiger partial charge in [0.15, 0.2) is 0 Å². The lowest BCUT2D eigenvalue weighted by Gasteiger charge is -2.08. The van der Waals surface area contributed by atoms with Crippen LogP contribution in [0.1, 0.15) is 57.8 Å². The van der Waals surface area contributed by atoms with Gasteiger partial charge < -0.3 is 5.11 Å². The lowest BCUT2D eigenvalue weighted by atomic mass is 10.1. The van der Waals surface area contributed by atoms with Crippen LogP contribution in [0, 0.1) is 0 Å². The molecule has 4 heteroatoms. The first kappa shape index (κ1) is 16.2. The fourth-order valence-corrected chi connectivity index (χ4v) is 2.48. The predicted molar refractivity (Wildman–Crippen MR) is 75.8 cm³/mol. The molecule has 1 atom stereocenters. The number of carboxylic acid groups (broad SMARTS) is 1. The summed E-state index contributed by atoms with van der Waals surface area (Å²) in [5, 5.41) is 8.96. The third-order valence-electron chi connectivity index (χ3n) is 2.64. The van der Waals surface area contributed by atoms with E-state index in [9.17, 15) is 4.79 Å². The summed E-state index contributed by atoms with van der Waals surface area (Å²) in [7, 11) is 0. The van der Waals surface area contributed by atoms with E-state index < -0.39 is 5.97 Å². The summed E-state index contributed by atoms with van der Waals surface area (Å²) in [6.07, 6.45) is 9.33. The minimum Gasteiger partial charge on any atom is -0.481 e. The third kappa shape index (κ3) is 12.2. The molecule has 2 nitrogen and oxygen atoms in total. The summed E-state index contributed by atoms with van der Waals surface area (Å²) in [4.78, 5) is 10.3. The number of rotatable bonds is 11. The summed E-state index contributed by atoms with van der Waals surface area (Å²) in [5.74, 6) is 0.244. The van der Waals surface area contributed by atoms with Gasteiger partial charge in [0.25, 0.3) is 0 Å². The number of hydrogen-bond donors (Lipinski definition) is 3. The summed E-state index contributed by atoms with van der Waals surface area (Å²) in [5.41, 5.74) is 0. The van der Waals surface area contributed by atoms with E-state index in [-0.39, 0.29) is 0 Å². The van der Waals surface area contributed by atoms with E-state index in [0.29, 0.717) is 11.7 Å². The topological polar surface area (TPSA) is 37.3 Å². The quantitative estimate of drug-likeness (QED) is 0.392. The number of aliphatic carboxylic acids is 1. The highest BCUT2D eigenvalue weighted by atomic mass is 32.1. The van der Waals surface area contributed by atoms with Gasteiger partial charge in [-0.15, -0.1) is 0 Å². The van der Waals surface area contributed by atoms with Crippen molar-refractivity contribution in [2.75, 3.05) is 5.75 Å². The Bertz CT molecular complexity index is 174. The zero-order chi connectivity index (χ0) is 12.2. The van der Waals surface area contributed by atoms with E-state index in [1.54, 1.807) is 0 Å². The van der Waals surface area contributed by atoms with Crippen LogP contribution in [0.15, 0.2) is 0 Å². The molecule has 0 aliphatic carbocycles.